The molecule has 1 aromatic rings. The van der Waals surface area contributed by atoms with E-state index in [1.54, 1.807) is 0 Å². The van der Waals surface area contributed by atoms with E-state index in [1.165, 1.54) is 57.2 Å². The molecule has 2 fully saturated rings. The second kappa shape index (κ2) is 5.16. The molecule has 0 spiro atoms. The van der Waals surface area contributed by atoms with Crippen LogP contribution in [0, 0.1) is 10.7 Å². The van der Waals surface area contributed by atoms with E-state index in [2.05, 4.69) is 21.7 Å². The minimum Gasteiger partial charge on any atom is -0.301 e. The van der Waals surface area contributed by atoms with Crippen molar-refractivity contribution in [3.05, 3.63) is 10.6 Å². The molecule has 3 rings (SSSR count). The zero-order chi connectivity index (χ0) is 12.5. The molecule has 1 atom stereocenters. The third-order valence-corrected chi connectivity index (χ3v) is 4.91. The summed E-state index contributed by atoms with van der Waals surface area (Å²) in [7, 11) is 0. The van der Waals surface area contributed by atoms with Crippen LogP contribution >= 0.6 is 12.2 Å². The monoisotopic (exact) mass is 265 g/mol. The molecule has 4 heteroatoms. The van der Waals surface area contributed by atoms with Crippen molar-refractivity contribution in [2.45, 2.75) is 70.3 Å². The van der Waals surface area contributed by atoms with Gasteiger partial charge in [-0.05, 0) is 50.2 Å². The predicted octanol–water partition coefficient (Wildman–Crippen LogP) is 4.35. The van der Waals surface area contributed by atoms with Gasteiger partial charge in [0, 0.05) is 12.0 Å². The van der Waals surface area contributed by atoms with Gasteiger partial charge < -0.3 is 4.57 Å². The van der Waals surface area contributed by atoms with Crippen molar-refractivity contribution in [1.82, 2.24) is 14.8 Å². The molecule has 1 unspecified atom stereocenters. The van der Waals surface area contributed by atoms with Gasteiger partial charge in [-0.2, -0.15) is 5.10 Å². The molecule has 0 saturated heterocycles. The Hall–Kier alpha value is -0.640. The molecule has 1 N–H and O–H groups in total. The average Bonchev–Trinajstić information content (AvgIpc) is 3.18. The highest BCUT2D eigenvalue weighted by Crippen LogP contribution is 2.42. The number of hydrogen-bond acceptors (Lipinski definition) is 2. The van der Waals surface area contributed by atoms with E-state index in [4.69, 9.17) is 12.2 Å². The number of nitrogens with one attached hydrogen (secondary N) is 1. The fraction of sp³-hybridized carbons (Fsp3) is 0.857. The second-order valence-electron chi connectivity index (χ2n) is 5.90. The van der Waals surface area contributed by atoms with E-state index in [0.29, 0.717) is 12.0 Å². The van der Waals surface area contributed by atoms with Crippen LogP contribution in [0.15, 0.2) is 0 Å². The van der Waals surface area contributed by atoms with Crippen LogP contribution in [0.25, 0.3) is 0 Å². The zero-order valence-electron chi connectivity index (χ0n) is 11.2. The Bertz CT molecular complexity index is 452. The third kappa shape index (κ3) is 2.27. The van der Waals surface area contributed by atoms with Crippen LogP contribution in [0.2, 0.25) is 0 Å². The predicted molar refractivity (Wildman–Crippen MR) is 75.3 cm³/mol. The van der Waals surface area contributed by atoms with Gasteiger partial charge in [0.15, 0.2) is 4.77 Å². The molecule has 0 aromatic carbocycles. The number of hydrogen-bond donors (Lipinski definition) is 1. The van der Waals surface area contributed by atoms with Crippen molar-refractivity contribution in [2.24, 2.45) is 5.92 Å². The van der Waals surface area contributed by atoms with Gasteiger partial charge in [0.2, 0.25) is 0 Å². The van der Waals surface area contributed by atoms with Crippen molar-refractivity contribution in [1.29, 1.82) is 0 Å². The van der Waals surface area contributed by atoms with Crippen LogP contribution in [-0.4, -0.2) is 14.8 Å². The summed E-state index contributed by atoms with van der Waals surface area (Å²) >= 11 is 5.48. The largest absolute Gasteiger partial charge is 0.301 e. The van der Waals surface area contributed by atoms with E-state index < -0.39 is 0 Å². The van der Waals surface area contributed by atoms with E-state index in [9.17, 15) is 0 Å². The number of aromatic nitrogens is 3. The number of rotatable bonds is 4. The third-order valence-electron chi connectivity index (χ3n) is 4.62. The number of H-pyrrole nitrogens is 1. The summed E-state index contributed by atoms with van der Waals surface area (Å²) in [5.41, 5.74) is 0. The Kier molecular flexibility index (Phi) is 3.55. The maximum atomic E-state index is 5.48. The van der Waals surface area contributed by atoms with Gasteiger partial charge in [-0.15, -0.1) is 0 Å². The quantitative estimate of drug-likeness (QED) is 0.821. The molecule has 2 aliphatic rings. The van der Waals surface area contributed by atoms with Gasteiger partial charge in [-0.25, -0.2) is 0 Å². The minimum absolute atomic E-state index is 0.576. The smallest absolute Gasteiger partial charge is 0.195 e. The van der Waals surface area contributed by atoms with Gasteiger partial charge in [0.1, 0.15) is 5.82 Å². The zero-order valence-corrected chi connectivity index (χ0v) is 12.0. The average molecular weight is 265 g/mol. The Labute approximate surface area is 114 Å². The Balaban J connectivity index is 1.90. The Morgan fingerprint density at radius 1 is 1.28 bits per heavy atom. The molecular weight excluding hydrogens is 242 g/mol. The molecule has 0 radical (unpaired) electrons. The minimum atomic E-state index is 0.576. The molecule has 1 aromatic heterocycles. The highest BCUT2D eigenvalue weighted by atomic mass is 32.1. The van der Waals surface area contributed by atoms with Crippen molar-refractivity contribution in [3.63, 3.8) is 0 Å². The van der Waals surface area contributed by atoms with Crippen LogP contribution < -0.4 is 0 Å². The number of nitrogens with zero attached hydrogens (tertiary/aromatic N) is 2. The topological polar surface area (TPSA) is 33.6 Å². The first-order valence-electron chi connectivity index (χ1n) is 7.48. The van der Waals surface area contributed by atoms with E-state index in [1.807, 2.05) is 0 Å². The van der Waals surface area contributed by atoms with Crippen molar-refractivity contribution >= 4 is 12.2 Å². The first kappa shape index (κ1) is 12.4. The van der Waals surface area contributed by atoms with Crippen LogP contribution in [0.1, 0.15) is 76.1 Å². The fourth-order valence-electron chi connectivity index (χ4n) is 3.51. The molecule has 2 saturated carbocycles. The van der Waals surface area contributed by atoms with E-state index >= 15 is 0 Å². The first-order chi connectivity index (χ1) is 8.81. The Morgan fingerprint density at radius 2 is 2.00 bits per heavy atom. The lowest BCUT2D eigenvalue weighted by Crippen LogP contribution is -2.23. The molecule has 0 bridgehead atoms. The lowest BCUT2D eigenvalue weighted by Gasteiger charge is -2.31. The van der Waals surface area contributed by atoms with Crippen molar-refractivity contribution in [3.8, 4) is 0 Å². The molecule has 0 aliphatic heterocycles. The van der Waals surface area contributed by atoms with Gasteiger partial charge in [-0.3, -0.25) is 5.10 Å². The summed E-state index contributed by atoms with van der Waals surface area (Å²) in [5, 5.41) is 7.52. The van der Waals surface area contributed by atoms with E-state index in [0.717, 1.165) is 10.7 Å². The van der Waals surface area contributed by atoms with Gasteiger partial charge in [0.05, 0.1) is 0 Å². The standard InChI is InChI=1S/C14H23N3S/c1-2-12(10-6-4-3-5-7-10)17-13(11-8-9-11)15-16-14(17)18/h10-12H,2-9H2,1H3,(H,16,18). The van der Waals surface area contributed by atoms with E-state index in [-0.39, 0.29) is 0 Å². The van der Waals surface area contributed by atoms with Crippen LogP contribution in [0.5, 0.6) is 0 Å². The molecule has 18 heavy (non-hydrogen) atoms. The highest BCUT2D eigenvalue weighted by Gasteiger charge is 2.33. The lowest BCUT2D eigenvalue weighted by atomic mass is 9.82. The molecule has 100 valence electrons. The lowest BCUT2D eigenvalue weighted by molar-refractivity contribution is 0.237. The van der Waals surface area contributed by atoms with Crippen LogP contribution in [-0.2, 0) is 0 Å². The van der Waals surface area contributed by atoms with Crippen molar-refractivity contribution < 1.29 is 0 Å². The van der Waals surface area contributed by atoms with Crippen LogP contribution in [0.3, 0.4) is 0 Å². The molecule has 3 nitrogen and oxygen atoms in total. The molecule has 1 heterocycles. The number of aromatic amines is 1. The summed E-state index contributed by atoms with van der Waals surface area (Å²) in [5.74, 6) is 2.72. The van der Waals surface area contributed by atoms with Crippen molar-refractivity contribution in [2.75, 3.05) is 0 Å². The SMILES string of the molecule is CCC(C1CCCCC1)n1c(C2CC2)n[nH]c1=S. The summed E-state index contributed by atoms with van der Waals surface area (Å²) in [6.45, 7) is 2.30. The summed E-state index contributed by atoms with van der Waals surface area (Å²) in [6.07, 6.45) is 10.7. The molecular formula is C14H23N3S. The fourth-order valence-corrected chi connectivity index (χ4v) is 3.79. The molecule has 0 amide bonds. The van der Waals surface area contributed by atoms with Crippen LogP contribution in [0.4, 0.5) is 0 Å². The van der Waals surface area contributed by atoms with Gasteiger partial charge in [0.25, 0.3) is 0 Å². The first-order valence-corrected chi connectivity index (χ1v) is 7.89. The second-order valence-corrected chi connectivity index (χ2v) is 6.29. The molecule has 2 aliphatic carbocycles. The maximum absolute atomic E-state index is 5.48. The normalized spacial score (nSPS) is 23.2. The summed E-state index contributed by atoms with van der Waals surface area (Å²) in [6, 6.07) is 0.576. The maximum Gasteiger partial charge on any atom is 0.195 e. The van der Waals surface area contributed by atoms with Gasteiger partial charge >= 0.3 is 0 Å². The highest BCUT2D eigenvalue weighted by molar-refractivity contribution is 7.71. The summed E-state index contributed by atoms with van der Waals surface area (Å²) in [4.78, 5) is 0. The Morgan fingerprint density at radius 3 is 2.61 bits per heavy atom. The van der Waals surface area contributed by atoms with Gasteiger partial charge in [-0.1, -0.05) is 26.2 Å². The summed E-state index contributed by atoms with van der Waals surface area (Å²) < 4.78 is 3.21.